The van der Waals surface area contributed by atoms with Crippen LogP contribution in [0.5, 0.6) is 0 Å². The fraction of sp³-hybridized carbons (Fsp3) is 1.00. The van der Waals surface area contributed by atoms with Crippen LogP contribution < -0.4 is 5.73 Å². The Balaban J connectivity index is 2.14. The van der Waals surface area contributed by atoms with E-state index < -0.39 is 0 Å². The third-order valence-corrected chi connectivity index (χ3v) is 2.33. The fourth-order valence-electron chi connectivity index (χ4n) is 1.66. The lowest BCUT2D eigenvalue weighted by molar-refractivity contribution is 0.00939. The summed E-state index contributed by atoms with van der Waals surface area (Å²) in [5.74, 6) is 0.642. The highest BCUT2D eigenvalue weighted by Crippen LogP contribution is 2.20. The minimum Gasteiger partial charge on any atom is -0.378 e. The van der Waals surface area contributed by atoms with Crippen LogP contribution in [-0.2, 0) is 4.74 Å². The molecule has 2 N–H and O–H groups in total. The lowest BCUT2D eigenvalue weighted by Crippen LogP contribution is -2.32. The van der Waals surface area contributed by atoms with Crippen LogP contribution in [0.25, 0.3) is 0 Å². The van der Waals surface area contributed by atoms with E-state index >= 15 is 0 Å². The second-order valence-electron chi connectivity index (χ2n) is 4.28. The van der Waals surface area contributed by atoms with Gasteiger partial charge in [-0.25, -0.2) is 0 Å². The van der Waals surface area contributed by atoms with E-state index in [1.807, 2.05) is 0 Å². The molecule has 72 valence electrons. The van der Waals surface area contributed by atoms with Crippen molar-refractivity contribution < 1.29 is 4.74 Å². The van der Waals surface area contributed by atoms with Gasteiger partial charge in [-0.15, -0.1) is 0 Å². The largest absolute Gasteiger partial charge is 0.378 e. The number of rotatable bonds is 3. The molecule has 1 aliphatic carbocycles. The maximum absolute atomic E-state index is 5.85. The summed E-state index contributed by atoms with van der Waals surface area (Å²) in [4.78, 5) is 0. The molecule has 0 amide bonds. The van der Waals surface area contributed by atoms with E-state index in [1.54, 1.807) is 0 Å². The molecule has 2 atom stereocenters. The summed E-state index contributed by atoms with van der Waals surface area (Å²) in [7, 11) is 0. The van der Waals surface area contributed by atoms with Gasteiger partial charge in [0.2, 0.25) is 0 Å². The molecule has 0 unspecified atom stereocenters. The summed E-state index contributed by atoms with van der Waals surface area (Å²) < 4.78 is 5.73. The molecular weight excluding hydrogens is 150 g/mol. The van der Waals surface area contributed by atoms with Crippen LogP contribution in [0, 0.1) is 5.92 Å². The quantitative estimate of drug-likeness (QED) is 0.704. The van der Waals surface area contributed by atoms with Crippen molar-refractivity contribution >= 4 is 0 Å². The van der Waals surface area contributed by atoms with Gasteiger partial charge >= 0.3 is 0 Å². The minimum atomic E-state index is 0.385. The Kier molecular flexibility index (Phi) is 4.02. The Hall–Kier alpha value is -0.0800. The van der Waals surface area contributed by atoms with E-state index in [-0.39, 0.29) is 0 Å². The van der Waals surface area contributed by atoms with Crippen LogP contribution in [-0.4, -0.2) is 18.8 Å². The van der Waals surface area contributed by atoms with E-state index in [0.29, 0.717) is 18.1 Å². The third kappa shape index (κ3) is 3.55. The monoisotopic (exact) mass is 171 g/mol. The van der Waals surface area contributed by atoms with Gasteiger partial charge in [-0.3, -0.25) is 0 Å². The van der Waals surface area contributed by atoms with Gasteiger partial charge in [0.1, 0.15) is 0 Å². The third-order valence-electron chi connectivity index (χ3n) is 2.33. The Bertz CT molecular complexity index is 125. The molecule has 0 heterocycles. The summed E-state index contributed by atoms with van der Waals surface area (Å²) in [6.07, 6.45) is 5.13. The topological polar surface area (TPSA) is 35.2 Å². The predicted molar refractivity (Wildman–Crippen MR) is 51.0 cm³/mol. The van der Waals surface area contributed by atoms with Crippen molar-refractivity contribution in [1.29, 1.82) is 0 Å². The first kappa shape index (κ1) is 10.0. The molecule has 1 saturated carbocycles. The molecule has 1 fully saturated rings. The van der Waals surface area contributed by atoms with Gasteiger partial charge in [-0.2, -0.15) is 0 Å². The SMILES string of the molecule is CC(C)CO[C@@H]1CCC[C@H](N)C1. The molecule has 0 aromatic rings. The van der Waals surface area contributed by atoms with Crippen LogP contribution >= 0.6 is 0 Å². The van der Waals surface area contributed by atoms with E-state index in [4.69, 9.17) is 10.5 Å². The predicted octanol–water partition coefficient (Wildman–Crippen LogP) is 1.93. The van der Waals surface area contributed by atoms with Crippen LogP contribution in [0.1, 0.15) is 39.5 Å². The first-order valence-corrected chi connectivity index (χ1v) is 5.05. The van der Waals surface area contributed by atoms with Crippen molar-refractivity contribution in [2.75, 3.05) is 6.61 Å². The van der Waals surface area contributed by atoms with Gasteiger partial charge in [0, 0.05) is 12.6 Å². The number of hydrogen-bond acceptors (Lipinski definition) is 2. The van der Waals surface area contributed by atoms with Crippen molar-refractivity contribution in [3.8, 4) is 0 Å². The number of nitrogens with two attached hydrogens (primary N) is 1. The van der Waals surface area contributed by atoms with Gasteiger partial charge < -0.3 is 10.5 Å². The van der Waals surface area contributed by atoms with Crippen molar-refractivity contribution in [2.24, 2.45) is 11.7 Å². The van der Waals surface area contributed by atoms with Gasteiger partial charge in [0.15, 0.2) is 0 Å². The second kappa shape index (κ2) is 4.83. The lowest BCUT2D eigenvalue weighted by atomic mass is 9.93. The van der Waals surface area contributed by atoms with Crippen molar-refractivity contribution in [2.45, 2.75) is 51.7 Å². The van der Waals surface area contributed by atoms with Crippen molar-refractivity contribution in [3.05, 3.63) is 0 Å². The minimum absolute atomic E-state index is 0.385. The zero-order valence-corrected chi connectivity index (χ0v) is 8.25. The first-order chi connectivity index (χ1) is 5.68. The summed E-state index contributed by atoms with van der Waals surface area (Å²) in [6, 6.07) is 0.385. The average molecular weight is 171 g/mol. The normalized spacial score (nSPS) is 31.0. The molecule has 12 heavy (non-hydrogen) atoms. The summed E-state index contributed by atoms with van der Waals surface area (Å²) >= 11 is 0. The highest BCUT2D eigenvalue weighted by atomic mass is 16.5. The van der Waals surface area contributed by atoms with Crippen LogP contribution in [0.4, 0.5) is 0 Å². The molecule has 1 rings (SSSR count). The Morgan fingerprint density at radius 3 is 2.75 bits per heavy atom. The van der Waals surface area contributed by atoms with Crippen molar-refractivity contribution in [1.82, 2.24) is 0 Å². The molecule has 0 aromatic carbocycles. The summed E-state index contributed by atoms with van der Waals surface area (Å²) in [5, 5.41) is 0. The van der Waals surface area contributed by atoms with Gasteiger partial charge in [-0.1, -0.05) is 13.8 Å². The first-order valence-electron chi connectivity index (χ1n) is 5.05. The highest BCUT2D eigenvalue weighted by molar-refractivity contribution is 4.75. The summed E-state index contributed by atoms with van der Waals surface area (Å²) in [6.45, 7) is 5.25. The standard InChI is InChI=1S/C10H21NO/c1-8(2)7-12-10-5-3-4-9(11)6-10/h8-10H,3-7,11H2,1-2H3/t9-,10+/m0/s1. The molecule has 0 spiro atoms. The molecule has 0 radical (unpaired) electrons. The van der Waals surface area contributed by atoms with E-state index in [0.717, 1.165) is 13.0 Å². The Labute approximate surface area is 75.5 Å². The van der Waals surface area contributed by atoms with E-state index in [1.165, 1.54) is 19.3 Å². The van der Waals surface area contributed by atoms with Crippen molar-refractivity contribution in [3.63, 3.8) is 0 Å². The van der Waals surface area contributed by atoms with E-state index in [9.17, 15) is 0 Å². The molecule has 2 nitrogen and oxygen atoms in total. The van der Waals surface area contributed by atoms with Crippen LogP contribution in [0.15, 0.2) is 0 Å². The maximum Gasteiger partial charge on any atom is 0.0590 e. The Morgan fingerprint density at radius 2 is 2.17 bits per heavy atom. The molecule has 0 aliphatic heterocycles. The molecule has 1 aliphatic rings. The fourth-order valence-corrected chi connectivity index (χ4v) is 1.66. The molecule has 0 saturated heterocycles. The second-order valence-corrected chi connectivity index (χ2v) is 4.28. The van der Waals surface area contributed by atoms with Crippen LogP contribution in [0.3, 0.4) is 0 Å². The van der Waals surface area contributed by atoms with Gasteiger partial charge in [0.25, 0.3) is 0 Å². The smallest absolute Gasteiger partial charge is 0.0590 e. The highest BCUT2D eigenvalue weighted by Gasteiger charge is 2.19. The van der Waals surface area contributed by atoms with Crippen LogP contribution in [0.2, 0.25) is 0 Å². The van der Waals surface area contributed by atoms with E-state index in [2.05, 4.69) is 13.8 Å². The van der Waals surface area contributed by atoms with Gasteiger partial charge in [-0.05, 0) is 31.6 Å². The lowest BCUT2D eigenvalue weighted by Gasteiger charge is -2.27. The average Bonchev–Trinajstić information content (AvgIpc) is 2.01. The number of hydrogen-bond donors (Lipinski definition) is 1. The molecule has 2 heteroatoms. The van der Waals surface area contributed by atoms with Gasteiger partial charge in [0.05, 0.1) is 6.10 Å². The molecule has 0 bridgehead atoms. The maximum atomic E-state index is 5.85. The molecular formula is C10H21NO. The Morgan fingerprint density at radius 1 is 1.42 bits per heavy atom. The number of ether oxygens (including phenoxy) is 1. The zero-order valence-electron chi connectivity index (χ0n) is 8.25. The zero-order chi connectivity index (χ0) is 8.97. The molecule has 0 aromatic heterocycles. The summed E-state index contributed by atoms with van der Waals surface area (Å²) in [5.41, 5.74) is 5.85.